The molecule has 2 N–H and O–H groups in total. The highest BCUT2D eigenvalue weighted by molar-refractivity contribution is 5.35. The van der Waals surface area contributed by atoms with Crippen molar-refractivity contribution in [1.29, 1.82) is 0 Å². The van der Waals surface area contributed by atoms with E-state index in [1.54, 1.807) is 0 Å². The van der Waals surface area contributed by atoms with Crippen molar-refractivity contribution in [2.24, 2.45) is 5.92 Å². The van der Waals surface area contributed by atoms with Crippen molar-refractivity contribution >= 4 is 0 Å². The number of nitrogens with zero attached hydrogens (tertiary/aromatic N) is 1. The topological polar surface area (TPSA) is 49.9 Å². The third-order valence-electron chi connectivity index (χ3n) is 3.64. The van der Waals surface area contributed by atoms with Crippen LogP contribution in [-0.4, -0.2) is 23.3 Å². The second-order valence-corrected chi connectivity index (χ2v) is 5.14. The summed E-state index contributed by atoms with van der Waals surface area (Å²) in [7, 11) is 0. The molecule has 0 unspecified atom stereocenters. The van der Waals surface area contributed by atoms with E-state index in [1.807, 2.05) is 25.3 Å². The molecule has 19 heavy (non-hydrogen) atoms. The molecule has 1 aromatic carbocycles. The summed E-state index contributed by atoms with van der Waals surface area (Å²) >= 11 is 0. The largest absolute Gasteiger partial charge is 0.493 e. The Morgan fingerprint density at radius 1 is 1.42 bits per heavy atom. The highest BCUT2D eigenvalue weighted by atomic mass is 16.5. The van der Waals surface area contributed by atoms with E-state index in [0.29, 0.717) is 5.92 Å². The summed E-state index contributed by atoms with van der Waals surface area (Å²) in [5, 5.41) is 10.5. The SMILES string of the molecule is Cc1[nH]ncc1CNC[C@H]1COc2ccccc2C1. The average Bonchev–Trinajstić information content (AvgIpc) is 2.84. The van der Waals surface area contributed by atoms with Gasteiger partial charge in [0, 0.05) is 30.3 Å². The van der Waals surface area contributed by atoms with E-state index in [-0.39, 0.29) is 0 Å². The molecule has 1 aliphatic rings. The van der Waals surface area contributed by atoms with E-state index in [2.05, 4.69) is 27.6 Å². The Balaban J connectivity index is 1.51. The van der Waals surface area contributed by atoms with Crippen LogP contribution in [0.2, 0.25) is 0 Å². The molecule has 100 valence electrons. The van der Waals surface area contributed by atoms with Crippen LogP contribution in [0.1, 0.15) is 16.8 Å². The summed E-state index contributed by atoms with van der Waals surface area (Å²) in [6.07, 6.45) is 2.97. The molecule has 0 bridgehead atoms. The Morgan fingerprint density at radius 2 is 2.32 bits per heavy atom. The molecule has 1 aromatic heterocycles. The molecule has 1 aliphatic heterocycles. The third kappa shape index (κ3) is 2.79. The van der Waals surface area contributed by atoms with E-state index in [9.17, 15) is 0 Å². The molecular formula is C15H19N3O. The molecule has 0 radical (unpaired) electrons. The van der Waals surface area contributed by atoms with Crippen LogP contribution in [0, 0.1) is 12.8 Å². The third-order valence-corrected chi connectivity index (χ3v) is 3.64. The zero-order valence-electron chi connectivity index (χ0n) is 11.1. The first kappa shape index (κ1) is 12.2. The minimum absolute atomic E-state index is 0.544. The number of aromatic amines is 1. The standard InChI is InChI=1S/C15H19N3O/c1-11-14(9-17-18-11)8-16-7-12-6-13-4-2-3-5-15(13)19-10-12/h2-5,9,12,16H,6-8,10H2,1H3,(H,17,18)/t12-/m0/s1. The summed E-state index contributed by atoms with van der Waals surface area (Å²) < 4.78 is 5.79. The number of fused-ring (bicyclic) bond motifs is 1. The molecular weight excluding hydrogens is 238 g/mol. The van der Waals surface area contributed by atoms with Gasteiger partial charge in [-0.05, 0) is 25.0 Å². The minimum Gasteiger partial charge on any atom is -0.493 e. The Bertz CT molecular complexity index is 550. The predicted molar refractivity (Wildman–Crippen MR) is 74.2 cm³/mol. The van der Waals surface area contributed by atoms with E-state index in [4.69, 9.17) is 4.74 Å². The van der Waals surface area contributed by atoms with Gasteiger partial charge in [-0.15, -0.1) is 0 Å². The lowest BCUT2D eigenvalue weighted by molar-refractivity contribution is 0.218. The summed E-state index contributed by atoms with van der Waals surface area (Å²) in [6.45, 7) is 4.68. The maximum Gasteiger partial charge on any atom is 0.122 e. The molecule has 0 aliphatic carbocycles. The van der Waals surface area contributed by atoms with Gasteiger partial charge >= 0.3 is 0 Å². The number of hydrogen-bond acceptors (Lipinski definition) is 3. The lowest BCUT2D eigenvalue weighted by atomic mass is 9.97. The van der Waals surface area contributed by atoms with Crippen LogP contribution in [0.5, 0.6) is 5.75 Å². The van der Waals surface area contributed by atoms with Gasteiger partial charge in [0.1, 0.15) is 5.75 Å². The first-order valence-electron chi connectivity index (χ1n) is 6.73. The average molecular weight is 257 g/mol. The first-order valence-corrected chi connectivity index (χ1v) is 6.73. The molecule has 4 heteroatoms. The van der Waals surface area contributed by atoms with Gasteiger partial charge in [0.05, 0.1) is 12.8 Å². The van der Waals surface area contributed by atoms with Crippen LogP contribution < -0.4 is 10.1 Å². The van der Waals surface area contributed by atoms with E-state index in [0.717, 1.165) is 37.6 Å². The number of hydrogen-bond donors (Lipinski definition) is 2. The smallest absolute Gasteiger partial charge is 0.122 e. The lowest BCUT2D eigenvalue weighted by Crippen LogP contribution is -2.31. The highest BCUT2D eigenvalue weighted by Crippen LogP contribution is 2.26. The second kappa shape index (κ2) is 5.45. The Kier molecular flexibility index (Phi) is 3.51. The van der Waals surface area contributed by atoms with Crippen LogP contribution in [0.3, 0.4) is 0 Å². The molecule has 2 heterocycles. The molecule has 0 fully saturated rings. The number of para-hydroxylation sites is 1. The van der Waals surface area contributed by atoms with E-state index in [1.165, 1.54) is 11.1 Å². The zero-order valence-corrected chi connectivity index (χ0v) is 11.1. The van der Waals surface area contributed by atoms with Crippen LogP contribution in [-0.2, 0) is 13.0 Å². The summed E-state index contributed by atoms with van der Waals surface area (Å²) in [4.78, 5) is 0. The normalized spacial score (nSPS) is 17.8. The summed E-state index contributed by atoms with van der Waals surface area (Å²) in [6, 6.07) is 8.31. The quantitative estimate of drug-likeness (QED) is 0.881. The van der Waals surface area contributed by atoms with Gasteiger partial charge < -0.3 is 10.1 Å². The number of benzene rings is 1. The molecule has 0 saturated carbocycles. The van der Waals surface area contributed by atoms with Crippen molar-refractivity contribution in [3.05, 3.63) is 47.3 Å². The maximum atomic E-state index is 5.79. The van der Waals surface area contributed by atoms with Crippen LogP contribution in [0.25, 0.3) is 0 Å². The number of aryl methyl sites for hydroxylation is 1. The van der Waals surface area contributed by atoms with Crippen molar-refractivity contribution in [3.8, 4) is 5.75 Å². The highest BCUT2D eigenvalue weighted by Gasteiger charge is 2.18. The van der Waals surface area contributed by atoms with Crippen molar-refractivity contribution in [1.82, 2.24) is 15.5 Å². The molecule has 0 spiro atoms. The van der Waals surface area contributed by atoms with Crippen molar-refractivity contribution in [3.63, 3.8) is 0 Å². The number of rotatable bonds is 4. The van der Waals surface area contributed by atoms with E-state index < -0.39 is 0 Å². The fourth-order valence-corrected chi connectivity index (χ4v) is 2.49. The molecule has 4 nitrogen and oxygen atoms in total. The van der Waals surface area contributed by atoms with Gasteiger partial charge in [-0.25, -0.2) is 0 Å². The lowest BCUT2D eigenvalue weighted by Gasteiger charge is -2.25. The van der Waals surface area contributed by atoms with Crippen molar-refractivity contribution in [2.75, 3.05) is 13.2 Å². The van der Waals surface area contributed by atoms with Crippen LogP contribution in [0.4, 0.5) is 0 Å². The minimum atomic E-state index is 0.544. The monoisotopic (exact) mass is 257 g/mol. The number of H-pyrrole nitrogens is 1. The predicted octanol–water partition coefficient (Wildman–Crippen LogP) is 2.06. The number of nitrogens with one attached hydrogen (secondary N) is 2. The van der Waals surface area contributed by atoms with E-state index >= 15 is 0 Å². The molecule has 0 saturated heterocycles. The Morgan fingerprint density at radius 3 is 3.16 bits per heavy atom. The summed E-state index contributed by atoms with van der Waals surface area (Å²) in [5.74, 6) is 1.59. The second-order valence-electron chi connectivity index (χ2n) is 5.14. The summed E-state index contributed by atoms with van der Waals surface area (Å²) in [5.41, 5.74) is 3.69. The van der Waals surface area contributed by atoms with Gasteiger partial charge in [-0.3, -0.25) is 5.10 Å². The van der Waals surface area contributed by atoms with Crippen LogP contribution in [0.15, 0.2) is 30.5 Å². The van der Waals surface area contributed by atoms with Gasteiger partial charge in [-0.1, -0.05) is 18.2 Å². The van der Waals surface area contributed by atoms with Crippen LogP contribution >= 0.6 is 0 Å². The van der Waals surface area contributed by atoms with Gasteiger partial charge in [0.25, 0.3) is 0 Å². The molecule has 2 aromatic rings. The van der Waals surface area contributed by atoms with Gasteiger partial charge in [-0.2, -0.15) is 5.10 Å². The zero-order chi connectivity index (χ0) is 13.1. The first-order chi connectivity index (χ1) is 9.33. The van der Waals surface area contributed by atoms with Crippen molar-refractivity contribution in [2.45, 2.75) is 19.9 Å². The molecule has 0 amide bonds. The van der Waals surface area contributed by atoms with Gasteiger partial charge in [0.2, 0.25) is 0 Å². The molecule has 1 atom stereocenters. The van der Waals surface area contributed by atoms with Crippen molar-refractivity contribution < 1.29 is 4.74 Å². The fourth-order valence-electron chi connectivity index (χ4n) is 2.49. The fraction of sp³-hybridized carbons (Fsp3) is 0.400. The van der Waals surface area contributed by atoms with Gasteiger partial charge in [0.15, 0.2) is 0 Å². The maximum absolute atomic E-state index is 5.79. The number of ether oxygens (including phenoxy) is 1. The Labute approximate surface area is 113 Å². The Hall–Kier alpha value is -1.81. The number of aromatic nitrogens is 2. The molecule has 3 rings (SSSR count).